The Labute approximate surface area is 121 Å². The van der Waals surface area contributed by atoms with Gasteiger partial charge in [0.2, 0.25) is 0 Å². The zero-order valence-electron chi connectivity index (χ0n) is 11.1. The van der Waals surface area contributed by atoms with E-state index in [2.05, 4.69) is 46.4 Å². The van der Waals surface area contributed by atoms with Crippen LogP contribution < -0.4 is 10.9 Å². The van der Waals surface area contributed by atoms with Gasteiger partial charge in [0, 0.05) is 18.3 Å². The molecule has 0 aliphatic carbocycles. The van der Waals surface area contributed by atoms with E-state index in [9.17, 15) is 4.79 Å². The Kier molecular flexibility index (Phi) is 6.78. The monoisotopic (exact) mass is 333 g/mol. The number of hydrogen-bond donors (Lipinski definition) is 1. The van der Waals surface area contributed by atoms with E-state index in [1.54, 1.807) is 18.0 Å². The van der Waals surface area contributed by atoms with Crippen LogP contribution in [-0.2, 0) is 6.54 Å². The van der Waals surface area contributed by atoms with Gasteiger partial charge in [-0.15, -0.1) is 0 Å². The summed E-state index contributed by atoms with van der Waals surface area (Å²) in [5.74, 6) is 0.991. The molecular formula is C12H20BrN3OS. The van der Waals surface area contributed by atoms with Crippen molar-refractivity contribution in [2.75, 3.05) is 17.3 Å². The van der Waals surface area contributed by atoms with E-state index < -0.39 is 0 Å². The summed E-state index contributed by atoms with van der Waals surface area (Å²) in [7, 11) is 0. The molecule has 1 N–H and O–H groups in total. The molecule has 1 rings (SSSR count). The third kappa shape index (κ3) is 4.31. The molecule has 0 spiro atoms. The van der Waals surface area contributed by atoms with E-state index in [1.165, 1.54) is 4.68 Å². The lowest BCUT2D eigenvalue weighted by Gasteiger charge is -2.15. The Morgan fingerprint density at radius 1 is 1.61 bits per heavy atom. The van der Waals surface area contributed by atoms with Crippen molar-refractivity contribution < 1.29 is 0 Å². The summed E-state index contributed by atoms with van der Waals surface area (Å²) in [5.41, 5.74) is 0.708. The Hall–Kier alpha value is -0.490. The molecule has 0 amide bonds. The van der Waals surface area contributed by atoms with Crippen molar-refractivity contribution in [3.63, 3.8) is 0 Å². The Bertz CT molecular complexity index is 436. The van der Waals surface area contributed by atoms with E-state index in [1.807, 2.05) is 0 Å². The van der Waals surface area contributed by atoms with Gasteiger partial charge >= 0.3 is 0 Å². The third-order valence-electron chi connectivity index (χ3n) is 2.53. The topological polar surface area (TPSA) is 46.9 Å². The van der Waals surface area contributed by atoms with Crippen LogP contribution in [0, 0.1) is 0 Å². The van der Waals surface area contributed by atoms with Gasteiger partial charge in [0.15, 0.2) is 0 Å². The zero-order valence-corrected chi connectivity index (χ0v) is 13.5. The maximum atomic E-state index is 12.0. The Balaban J connectivity index is 2.83. The number of unbranched alkanes of at least 4 members (excludes halogenated alkanes) is 1. The molecular weight excluding hydrogens is 314 g/mol. The molecule has 0 radical (unpaired) electrons. The van der Waals surface area contributed by atoms with Crippen LogP contribution in [0.4, 0.5) is 5.69 Å². The minimum atomic E-state index is -0.0650. The highest BCUT2D eigenvalue weighted by molar-refractivity contribution is 9.10. The minimum Gasteiger partial charge on any atom is -0.379 e. The molecule has 1 heterocycles. The highest BCUT2D eigenvalue weighted by Crippen LogP contribution is 2.18. The predicted molar refractivity (Wildman–Crippen MR) is 82.6 cm³/mol. The average molecular weight is 334 g/mol. The molecule has 0 fully saturated rings. The van der Waals surface area contributed by atoms with E-state index in [0.29, 0.717) is 17.1 Å². The van der Waals surface area contributed by atoms with E-state index in [4.69, 9.17) is 0 Å². The second-order valence-corrected chi connectivity index (χ2v) is 5.96. The first kappa shape index (κ1) is 15.6. The molecule has 0 aliphatic rings. The quantitative estimate of drug-likeness (QED) is 0.833. The van der Waals surface area contributed by atoms with Gasteiger partial charge in [0.05, 0.1) is 11.9 Å². The molecule has 0 aromatic carbocycles. The fourth-order valence-electron chi connectivity index (χ4n) is 1.59. The van der Waals surface area contributed by atoms with Crippen molar-refractivity contribution in [3.05, 3.63) is 21.0 Å². The minimum absolute atomic E-state index is 0.0650. The molecule has 1 aromatic heterocycles. The highest BCUT2D eigenvalue weighted by atomic mass is 79.9. The third-order valence-corrected chi connectivity index (χ3v) is 4.13. The number of thioether (sulfide) groups is 1. The predicted octanol–water partition coefficient (Wildman–Crippen LogP) is 2.97. The largest absolute Gasteiger partial charge is 0.379 e. The summed E-state index contributed by atoms with van der Waals surface area (Å²) in [4.78, 5) is 12.0. The van der Waals surface area contributed by atoms with Crippen molar-refractivity contribution in [2.24, 2.45) is 0 Å². The van der Waals surface area contributed by atoms with Gasteiger partial charge in [0.1, 0.15) is 4.47 Å². The summed E-state index contributed by atoms with van der Waals surface area (Å²) < 4.78 is 2.08. The van der Waals surface area contributed by atoms with Crippen LogP contribution in [0.5, 0.6) is 0 Å². The smallest absolute Gasteiger partial charge is 0.283 e. The molecule has 4 nitrogen and oxygen atoms in total. The Morgan fingerprint density at radius 3 is 2.94 bits per heavy atom. The standard InChI is InChI=1S/C12H20BrN3OS/c1-4-5-6-16-12(17)11(13)10(7-14-16)15-9(2)8-18-3/h7,9,15H,4-6,8H2,1-3H3. The lowest BCUT2D eigenvalue weighted by atomic mass is 10.3. The first-order valence-corrected chi connectivity index (χ1v) is 8.29. The molecule has 6 heteroatoms. The van der Waals surface area contributed by atoms with Crippen LogP contribution in [-0.4, -0.2) is 27.8 Å². The second kappa shape index (κ2) is 7.84. The summed E-state index contributed by atoms with van der Waals surface area (Å²) in [6.07, 6.45) is 5.80. The number of aromatic nitrogens is 2. The fraction of sp³-hybridized carbons (Fsp3) is 0.667. The van der Waals surface area contributed by atoms with Gasteiger partial charge in [-0.25, -0.2) is 4.68 Å². The van der Waals surface area contributed by atoms with Gasteiger partial charge in [-0.05, 0) is 35.5 Å². The molecule has 0 bridgehead atoms. The van der Waals surface area contributed by atoms with Crippen LogP contribution in [0.2, 0.25) is 0 Å². The van der Waals surface area contributed by atoms with Crippen molar-refractivity contribution in [3.8, 4) is 0 Å². The molecule has 1 aromatic rings. The van der Waals surface area contributed by atoms with Gasteiger partial charge in [0.25, 0.3) is 5.56 Å². The van der Waals surface area contributed by atoms with Crippen LogP contribution in [0.25, 0.3) is 0 Å². The van der Waals surface area contributed by atoms with Crippen LogP contribution >= 0.6 is 27.7 Å². The first-order valence-electron chi connectivity index (χ1n) is 6.11. The van der Waals surface area contributed by atoms with Gasteiger partial charge < -0.3 is 5.32 Å². The lowest BCUT2D eigenvalue weighted by molar-refractivity contribution is 0.541. The second-order valence-electron chi connectivity index (χ2n) is 4.25. The highest BCUT2D eigenvalue weighted by Gasteiger charge is 2.10. The number of hydrogen-bond acceptors (Lipinski definition) is 4. The van der Waals surface area contributed by atoms with Crippen LogP contribution in [0.3, 0.4) is 0 Å². The maximum Gasteiger partial charge on any atom is 0.283 e. The summed E-state index contributed by atoms with van der Waals surface area (Å²) >= 11 is 5.13. The number of aryl methyl sites for hydroxylation is 1. The van der Waals surface area contributed by atoms with Crippen LogP contribution in [0.1, 0.15) is 26.7 Å². The molecule has 18 heavy (non-hydrogen) atoms. The number of nitrogens with zero attached hydrogens (tertiary/aromatic N) is 2. The molecule has 102 valence electrons. The van der Waals surface area contributed by atoms with Gasteiger partial charge in [-0.1, -0.05) is 13.3 Å². The fourth-order valence-corrected chi connectivity index (χ4v) is 2.59. The van der Waals surface area contributed by atoms with Crippen LogP contribution in [0.15, 0.2) is 15.5 Å². The summed E-state index contributed by atoms with van der Waals surface area (Å²) in [5, 5.41) is 7.49. The van der Waals surface area contributed by atoms with E-state index >= 15 is 0 Å². The summed E-state index contributed by atoms with van der Waals surface area (Å²) in [6, 6.07) is 0.309. The molecule has 1 atom stereocenters. The average Bonchev–Trinajstić information content (AvgIpc) is 2.34. The van der Waals surface area contributed by atoms with Gasteiger partial charge in [-0.2, -0.15) is 16.9 Å². The Morgan fingerprint density at radius 2 is 2.33 bits per heavy atom. The van der Waals surface area contributed by atoms with Crippen molar-refractivity contribution in [1.29, 1.82) is 0 Å². The lowest BCUT2D eigenvalue weighted by Crippen LogP contribution is -2.26. The SMILES string of the molecule is CCCCn1ncc(NC(C)CSC)c(Br)c1=O. The number of anilines is 1. The number of nitrogens with one attached hydrogen (secondary N) is 1. The zero-order chi connectivity index (χ0) is 13.5. The number of rotatable bonds is 7. The molecule has 1 unspecified atom stereocenters. The normalized spacial score (nSPS) is 12.4. The molecule has 0 saturated heterocycles. The number of halogens is 1. The van der Waals surface area contributed by atoms with Gasteiger partial charge in [-0.3, -0.25) is 4.79 Å². The summed E-state index contributed by atoms with van der Waals surface area (Å²) in [6.45, 7) is 4.86. The van der Waals surface area contributed by atoms with Crippen molar-refractivity contribution in [1.82, 2.24) is 9.78 Å². The van der Waals surface area contributed by atoms with E-state index in [-0.39, 0.29) is 5.56 Å². The van der Waals surface area contributed by atoms with Crippen molar-refractivity contribution >= 4 is 33.4 Å². The molecule has 0 aliphatic heterocycles. The molecule has 0 saturated carbocycles. The van der Waals surface area contributed by atoms with Crippen molar-refractivity contribution in [2.45, 2.75) is 39.3 Å². The van der Waals surface area contributed by atoms with E-state index in [0.717, 1.165) is 24.3 Å². The first-order chi connectivity index (χ1) is 8.60. The maximum absolute atomic E-state index is 12.0.